The lowest BCUT2D eigenvalue weighted by molar-refractivity contribution is -0.0610. The lowest BCUT2D eigenvalue weighted by Gasteiger charge is -2.36. The van der Waals surface area contributed by atoms with Crippen LogP contribution in [-0.2, 0) is 4.74 Å². The highest BCUT2D eigenvalue weighted by molar-refractivity contribution is 5.65. The predicted octanol–water partition coefficient (Wildman–Crippen LogP) is 1.98. The Bertz CT molecular complexity index is 988. The largest absolute Gasteiger partial charge is 0.431 e. The Morgan fingerprint density at radius 3 is 2.52 bits per heavy atom. The molecule has 31 heavy (non-hydrogen) atoms. The number of halogens is 2. The van der Waals surface area contributed by atoms with Crippen LogP contribution in [0.3, 0.4) is 0 Å². The van der Waals surface area contributed by atoms with E-state index in [2.05, 4.69) is 19.5 Å². The second-order valence-corrected chi connectivity index (χ2v) is 8.80. The quantitative estimate of drug-likeness (QED) is 0.744. The van der Waals surface area contributed by atoms with Crippen LogP contribution in [0, 0.1) is 11.8 Å². The lowest BCUT2D eigenvalue weighted by atomic mass is 10.1. The maximum atomic E-state index is 12.7. The summed E-state index contributed by atoms with van der Waals surface area (Å²) in [6.07, 6.45) is 2.66. The molecule has 2 atom stereocenters. The molecule has 6 rings (SSSR count). The Balaban J connectivity index is 1.30. The molecule has 3 aliphatic heterocycles. The number of rotatable bonds is 6. The number of likely N-dealkylation sites (tertiary alicyclic amines) is 1. The van der Waals surface area contributed by atoms with Crippen molar-refractivity contribution in [1.29, 1.82) is 0 Å². The summed E-state index contributed by atoms with van der Waals surface area (Å²) in [4.78, 5) is 18.3. The van der Waals surface area contributed by atoms with Crippen LogP contribution in [-0.4, -0.2) is 71.9 Å². The Morgan fingerprint density at radius 2 is 1.90 bits per heavy atom. The summed E-state index contributed by atoms with van der Waals surface area (Å²) in [5.74, 6) is 2.11. The molecule has 10 heteroatoms. The first kappa shape index (κ1) is 19.1. The highest BCUT2D eigenvalue weighted by atomic mass is 19.3. The Labute approximate surface area is 178 Å². The molecule has 0 aromatic carbocycles. The van der Waals surface area contributed by atoms with Gasteiger partial charge in [-0.05, 0) is 30.4 Å². The van der Waals surface area contributed by atoms with Crippen LogP contribution in [0.15, 0.2) is 18.3 Å². The van der Waals surface area contributed by atoms with E-state index in [0.717, 1.165) is 51.5 Å². The molecule has 3 saturated heterocycles. The number of anilines is 2. The summed E-state index contributed by atoms with van der Waals surface area (Å²) in [6.45, 7) is 2.73. The minimum absolute atomic E-state index is 0.0712. The lowest BCUT2D eigenvalue weighted by Crippen LogP contribution is -2.48. The first-order valence-electron chi connectivity index (χ1n) is 10.7. The Morgan fingerprint density at radius 1 is 1.13 bits per heavy atom. The maximum Gasteiger partial charge on any atom is 0.387 e. The summed E-state index contributed by atoms with van der Waals surface area (Å²) in [6, 6.07) is 4.02. The van der Waals surface area contributed by atoms with Crippen LogP contribution in [0.4, 0.5) is 20.5 Å². The molecule has 0 radical (unpaired) electrons. The smallest absolute Gasteiger partial charge is 0.387 e. The molecule has 5 heterocycles. The first-order chi connectivity index (χ1) is 15.1. The number of alkyl halides is 2. The maximum absolute atomic E-state index is 12.7. The van der Waals surface area contributed by atoms with E-state index in [1.165, 1.54) is 6.07 Å². The average Bonchev–Trinajstić information content (AvgIpc) is 3.15. The third-order valence-electron chi connectivity index (χ3n) is 6.97. The van der Waals surface area contributed by atoms with Crippen LogP contribution in [0.2, 0.25) is 0 Å². The number of aromatic nitrogens is 3. The van der Waals surface area contributed by atoms with Crippen LogP contribution < -0.4 is 15.4 Å². The van der Waals surface area contributed by atoms with E-state index in [0.29, 0.717) is 41.0 Å². The fourth-order valence-electron chi connectivity index (χ4n) is 4.94. The van der Waals surface area contributed by atoms with Gasteiger partial charge in [0, 0.05) is 43.9 Å². The fraction of sp³-hybridized carbons (Fsp3) is 0.571. The average molecular weight is 430 g/mol. The second-order valence-electron chi connectivity index (χ2n) is 8.80. The van der Waals surface area contributed by atoms with E-state index < -0.39 is 6.61 Å². The predicted molar refractivity (Wildman–Crippen MR) is 109 cm³/mol. The van der Waals surface area contributed by atoms with Gasteiger partial charge in [-0.2, -0.15) is 8.78 Å². The van der Waals surface area contributed by atoms with Gasteiger partial charge in [0.15, 0.2) is 11.6 Å². The molecule has 164 valence electrons. The molecule has 4 fully saturated rings. The van der Waals surface area contributed by atoms with Gasteiger partial charge in [-0.25, -0.2) is 15.0 Å². The van der Waals surface area contributed by atoms with Crippen LogP contribution >= 0.6 is 0 Å². The van der Waals surface area contributed by atoms with Crippen molar-refractivity contribution in [1.82, 2.24) is 19.9 Å². The van der Waals surface area contributed by atoms with E-state index in [1.807, 2.05) is 6.07 Å². The summed E-state index contributed by atoms with van der Waals surface area (Å²) in [5.41, 5.74) is 7.98. The number of nitrogens with zero attached hydrogens (tertiary/aromatic N) is 5. The van der Waals surface area contributed by atoms with Gasteiger partial charge in [0.2, 0.25) is 5.95 Å². The second kappa shape index (κ2) is 7.23. The highest BCUT2D eigenvalue weighted by Gasteiger charge is 2.58. The highest BCUT2D eigenvalue weighted by Crippen LogP contribution is 2.58. The molecular formula is C21H24F2N6O2. The van der Waals surface area contributed by atoms with Gasteiger partial charge in [0.05, 0.1) is 30.6 Å². The van der Waals surface area contributed by atoms with Gasteiger partial charge in [-0.15, -0.1) is 0 Å². The number of nitrogens with two attached hydrogens (primary N) is 1. The van der Waals surface area contributed by atoms with Crippen molar-refractivity contribution in [2.24, 2.45) is 11.8 Å². The molecule has 0 bridgehead atoms. The minimum Gasteiger partial charge on any atom is -0.431 e. The Kier molecular flexibility index (Phi) is 4.46. The SMILES string of the molecule is Nc1ncc(-c2cc(C3C4CN(C5COC5)CC43)nc(N3CCC3)n2)cc1OC(F)F. The molecule has 1 aliphatic carbocycles. The molecule has 8 nitrogen and oxygen atoms in total. The molecule has 4 aliphatic rings. The summed E-state index contributed by atoms with van der Waals surface area (Å²) >= 11 is 0. The van der Waals surface area contributed by atoms with Crippen molar-refractivity contribution in [3.8, 4) is 17.0 Å². The molecule has 2 aromatic rings. The molecule has 0 amide bonds. The minimum atomic E-state index is -2.97. The van der Waals surface area contributed by atoms with Crippen molar-refractivity contribution in [2.75, 3.05) is 50.0 Å². The summed E-state index contributed by atoms with van der Waals surface area (Å²) < 4.78 is 35.3. The summed E-state index contributed by atoms with van der Waals surface area (Å²) in [5, 5.41) is 0. The normalized spacial score (nSPS) is 27.7. The molecule has 2 N–H and O–H groups in total. The van der Waals surface area contributed by atoms with Crippen LogP contribution in [0.5, 0.6) is 5.75 Å². The third kappa shape index (κ3) is 3.38. The van der Waals surface area contributed by atoms with E-state index >= 15 is 0 Å². The number of pyridine rings is 1. The number of hydrogen-bond acceptors (Lipinski definition) is 8. The molecular weight excluding hydrogens is 406 g/mol. The number of ether oxygens (including phenoxy) is 2. The standard InChI is InChI=1S/C21H24F2N6O2/c22-20(23)31-17-4-11(6-25-19(17)24)15-5-16(27-21(26-15)28-2-1-3-28)18-13-7-29(8-14(13)18)12-9-30-10-12/h4-6,12-14,18,20H,1-3,7-10H2,(H2,24,25). The molecule has 0 spiro atoms. The number of fused-ring (bicyclic) bond motifs is 1. The third-order valence-corrected chi connectivity index (χ3v) is 6.97. The van der Waals surface area contributed by atoms with Crippen molar-refractivity contribution >= 4 is 11.8 Å². The van der Waals surface area contributed by atoms with Gasteiger partial charge in [0.1, 0.15) is 0 Å². The number of piperidine rings is 1. The number of nitrogen functional groups attached to an aromatic ring is 1. The topological polar surface area (TPSA) is 89.6 Å². The van der Waals surface area contributed by atoms with Crippen molar-refractivity contribution in [3.63, 3.8) is 0 Å². The van der Waals surface area contributed by atoms with Gasteiger partial charge in [0.25, 0.3) is 0 Å². The van der Waals surface area contributed by atoms with E-state index in [9.17, 15) is 8.78 Å². The molecule has 1 saturated carbocycles. The van der Waals surface area contributed by atoms with E-state index in [-0.39, 0.29) is 11.6 Å². The molecule has 2 unspecified atom stereocenters. The zero-order chi connectivity index (χ0) is 21.1. The van der Waals surface area contributed by atoms with Crippen molar-refractivity contribution < 1.29 is 18.3 Å². The van der Waals surface area contributed by atoms with Crippen LogP contribution in [0.25, 0.3) is 11.3 Å². The van der Waals surface area contributed by atoms with Crippen molar-refractivity contribution in [3.05, 3.63) is 24.0 Å². The van der Waals surface area contributed by atoms with Gasteiger partial charge >= 0.3 is 6.61 Å². The van der Waals surface area contributed by atoms with E-state index in [4.69, 9.17) is 20.4 Å². The fourth-order valence-corrected chi connectivity index (χ4v) is 4.94. The van der Waals surface area contributed by atoms with Gasteiger partial charge < -0.3 is 20.1 Å². The van der Waals surface area contributed by atoms with Crippen LogP contribution in [0.1, 0.15) is 18.0 Å². The Hall–Kier alpha value is -2.59. The van der Waals surface area contributed by atoms with Gasteiger partial charge in [-0.3, -0.25) is 4.90 Å². The van der Waals surface area contributed by atoms with Gasteiger partial charge in [-0.1, -0.05) is 0 Å². The van der Waals surface area contributed by atoms with Crippen molar-refractivity contribution in [2.45, 2.75) is 25.0 Å². The monoisotopic (exact) mass is 430 g/mol. The first-order valence-corrected chi connectivity index (χ1v) is 10.7. The zero-order valence-corrected chi connectivity index (χ0v) is 17.0. The van der Waals surface area contributed by atoms with E-state index in [1.54, 1.807) is 6.20 Å². The number of hydrogen-bond donors (Lipinski definition) is 1. The zero-order valence-electron chi connectivity index (χ0n) is 17.0. The summed E-state index contributed by atoms with van der Waals surface area (Å²) in [7, 11) is 0. The molecule has 2 aromatic heterocycles.